The predicted molar refractivity (Wildman–Crippen MR) is 109 cm³/mol. The summed E-state index contributed by atoms with van der Waals surface area (Å²) in [6.07, 6.45) is 3.61. The first kappa shape index (κ1) is 18.4. The first-order valence-corrected chi connectivity index (χ1v) is 9.38. The van der Waals surface area contributed by atoms with Crippen LogP contribution < -0.4 is 10.1 Å². The van der Waals surface area contributed by atoms with E-state index in [1.54, 1.807) is 13.4 Å². The molecule has 3 aromatic rings. The van der Waals surface area contributed by atoms with E-state index in [0.717, 1.165) is 28.3 Å². The minimum atomic E-state index is -0.111. The molecule has 4 rings (SSSR count). The van der Waals surface area contributed by atoms with Crippen molar-refractivity contribution in [1.29, 1.82) is 0 Å². The molecule has 144 valence electrons. The number of benzene rings is 2. The average molecular weight is 397 g/mol. The van der Waals surface area contributed by atoms with Crippen LogP contribution in [-0.4, -0.2) is 28.6 Å². The number of oxime groups is 1. The van der Waals surface area contributed by atoms with Crippen molar-refractivity contribution in [3.63, 3.8) is 0 Å². The average Bonchev–Trinajstić information content (AvgIpc) is 3.15. The lowest BCUT2D eigenvalue weighted by Gasteiger charge is -2.30. The lowest BCUT2D eigenvalue weighted by atomic mass is 10.0. The van der Waals surface area contributed by atoms with Crippen LogP contribution in [0.3, 0.4) is 0 Å². The van der Waals surface area contributed by atoms with Gasteiger partial charge in [0, 0.05) is 16.8 Å². The highest BCUT2D eigenvalue weighted by Crippen LogP contribution is 2.28. The zero-order valence-electron chi connectivity index (χ0n) is 15.9. The summed E-state index contributed by atoms with van der Waals surface area (Å²) in [5.41, 5.74) is 3.81. The number of amidine groups is 1. The molecule has 7 heteroatoms. The molecule has 2 unspecified atom stereocenters. The van der Waals surface area contributed by atoms with Gasteiger partial charge in [0.05, 0.1) is 30.9 Å². The molecule has 0 amide bonds. The van der Waals surface area contributed by atoms with E-state index in [2.05, 4.69) is 15.5 Å². The first-order chi connectivity index (χ1) is 13.5. The SMILES string of the molecule is COc1cc(C2=NOC(C)C(c3ccc(Cl)cc3)N2)ccc1-n1cnc(C)c1. The van der Waals surface area contributed by atoms with Crippen LogP contribution in [0, 0.1) is 6.92 Å². The van der Waals surface area contributed by atoms with Gasteiger partial charge in [0.25, 0.3) is 0 Å². The highest BCUT2D eigenvalue weighted by molar-refractivity contribution is 6.30. The summed E-state index contributed by atoms with van der Waals surface area (Å²) in [6.45, 7) is 3.94. The van der Waals surface area contributed by atoms with Gasteiger partial charge in [-0.2, -0.15) is 0 Å². The van der Waals surface area contributed by atoms with E-state index < -0.39 is 0 Å². The highest BCUT2D eigenvalue weighted by Gasteiger charge is 2.27. The van der Waals surface area contributed by atoms with Crippen molar-refractivity contribution in [2.24, 2.45) is 5.16 Å². The minimum Gasteiger partial charge on any atom is -0.495 e. The molecular weight excluding hydrogens is 376 g/mol. The molecule has 1 aliphatic rings. The highest BCUT2D eigenvalue weighted by atomic mass is 35.5. The van der Waals surface area contributed by atoms with E-state index in [1.807, 2.05) is 67.1 Å². The quantitative estimate of drug-likeness (QED) is 0.716. The van der Waals surface area contributed by atoms with Crippen molar-refractivity contribution < 1.29 is 9.57 Å². The maximum atomic E-state index is 6.02. The molecule has 0 saturated carbocycles. The molecule has 0 fully saturated rings. The Morgan fingerprint density at radius 1 is 1.18 bits per heavy atom. The fourth-order valence-corrected chi connectivity index (χ4v) is 3.37. The monoisotopic (exact) mass is 396 g/mol. The van der Waals surface area contributed by atoms with Crippen molar-refractivity contribution in [2.45, 2.75) is 26.0 Å². The maximum Gasteiger partial charge on any atom is 0.173 e. The molecule has 2 heterocycles. The fraction of sp³-hybridized carbons (Fsp3) is 0.238. The van der Waals surface area contributed by atoms with Crippen LogP contribution in [0.25, 0.3) is 5.69 Å². The Morgan fingerprint density at radius 3 is 2.64 bits per heavy atom. The largest absolute Gasteiger partial charge is 0.495 e. The van der Waals surface area contributed by atoms with Crippen LogP contribution in [-0.2, 0) is 4.84 Å². The van der Waals surface area contributed by atoms with Crippen LogP contribution in [0.15, 0.2) is 60.1 Å². The number of halogens is 1. The maximum absolute atomic E-state index is 6.02. The molecule has 0 bridgehead atoms. The number of ether oxygens (including phenoxy) is 1. The standard InChI is InChI=1S/C21H21ClN4O2/c1-13-11-26(12-23-13)18-9-6-16(10-19(18)27-3)21-24-20(14(2)28-25-21)15-4-7-17(22)8-5-15/h4-12,14,20H,1-3H3,(H,24,25). The Morgan fingerprint density at radius 2 is 1.96 bits per heavy atom. The molecule has 28 heavy (non-hydrogen) atoms. The zero-order chi connectivity index (χ0) is 19.7. The van der Waals surface area contributed by atoms with Crippen molar-refractivity contribution in [3.05, 3.63) is 76.8 Å². The molecule has 1 aromatic heterocycles. The number of aryl methyl sites for hydroxylation is 1. The molecule has 0 saturated heterocycles. The molecule has 2 atom stereocenters. The Labute approximate surface area is 168 Å². The van der Waals surface area contributed by atoms with Crippen LogP contribution in [0.4, 0.5) is 0 Å². The van der Waals surface area contributed by atoms with Crippen molar-refractivity contribution in [1.82, 2.24) is 14.9 Å². The summed E-state index contributed by atoms with van der Waals surface area (Å²) in [5.74, 6) is 1.38. The first-order valence-electron chi connectivity index (χ1n) is 9.00. The molecule has 2 aromatic carbocycles. The molecule has 1 aliphatic heterocycles. The molecule has 0 spiro atoms. The van der Waals surface area contributed by atoms with Crippen LogP contribution in [0.2, 0.25) is 5.02 Å². The number of imidazole rings is 1. The molecule has 0 radical (unpaired) electrons. The van der Waals surface area contributed by atoms with Gasteiger partial charge in [-0.3, -0.25) is 0 Å². The van der Waals surface area contributed by atoms with E-state index in [0.29, 0.717) is 10.9 Å². The summed E-state index contributed by atoms with van der Waals surface area (Å²) < 4.78 is 7.53. The topological polar surface area (TPSA) is 60.7 Å². The van der Waals surface area contributed by atoms with Gasteiger partial charge < -0.3 is 19.5 Å². The van der Waals surface area contributed by atoms with E-state index >= 15 is 0 Å². The normalized spacial score (nSPS) is 18.8. The van der Waals surface area contributed by atoms with Gasteiger partial charge in [0.15, 0.2) is 5.84 Å². The van der Waals surface area contributed by atoms with Crippen LogP contribution >= 0.6 is 11.6 Å². The van der Waals surface area contributed by atoms with Gasteiger partial charge in [-0.05, 0) is 49.7 Å². The van der Waals surface area contributed by atoms with Gasteiger partial charge in [0.2, 0.25) is 0 Å². The molecule has 6 nitrogen and oxygen atoms in total. The van der Waals surface area contributed by atoms with Crippen molar-refractivity contribution in [2.75, 3.05) is 7.11 Å². The summed E-state index contributed by atoms with van der Waals surface area (Å²) >= 11 is 6.02. The fourth-order valence-electron chi connectivity index (χ4n) is 3.24. The van der Waals surface area contributed by atoms with Crippen LogP contribution in [0.5, 0.6) is 5.75 Å². The number of rotatable bonds is 4. The second kappa shape index (κ2) is 7.56. The third-order valence-electron chi connectivity index (χ3n) is 4.74. The Bertz CT molecular complexity index is 1010. The van der Waals surface area contributed by atoms with E-state index in [-0.39, 0.29) is 12.1 Å². The third kappa shape index (κ3) is 3.55. The lowest BCUT2D eigenvalue weighted by Crippen LogP contribution is -2.40. The minimum absolute atomic E-state index is 0.0354. The van der Waals surface area contributed by atoms with Gasteiger partial charge >= 0.3 is 0 Å². The Kier molecular flexibility index (Phi) is 4.96. The summed E-state index contributed by atoms with van der Waals surface area (Å²) in [5, 5.41) is 8.44. The smallest absolute Gasteiger partial charge is 0.173 e. The van der Waals surface area contributed by atoms with E-state index in [9.17, 15) is 0 Å². The number of hydrogen-bond donors (Lipinski definition) is 1. The van der Waals surface area contributed by atoms with Gasteiger partial charge in [-0.15, -0.1) is 0 Å². The second-order valence-electron chi connectivity index (χ2n) is 6.73. The lowest BCUT2D eigenvalue weighted by molar-refractivity contribution is 0.0343. The Balaban J connectivity index is 1.64. The summed E-state index contributed by atoms with van der Waals surface area (Å²) in [7, 11) is 1.65. The predicted octanol–water partition coefficient (Wildman–Crippen LogP) is 4.25. The van der Waals surface area contributed by atoms with Crippen molar-refractivity contribution >= 4 is 17.4 Å². The number of nitrogens with zero attached hydrogens (tertiary/aromatic N) is 3. The van der Waals surface area contributed by atoms with Crippen molar-refractivity contribution in [3.8, 4) is 11.4 Å². The number of methoxy groups -OCH3 is 1. The zero-order valence-corrected chi connectivity index (χ0v) is 16.6. The number of nitrogens with one attached hydrogen (secondary N) is 1. The van der Waals surface area contributed by atoms with Gasteiger partial charge in [-0.1, -0.05) is 28.9 Å². The number of aromatic nitrogens is 2. The summed E-state index contributed by atoms with van der Waals surface area (Å²) in [4.78, 5) is 9.95. The molecule has 0 aliphatic carbocycles. The Hall–Kier alpha value is -2.99. The summed E-state index contributed by atoms with van der Waals surface area (Å²) in [6, 6.07) is 13.6. The van der Waals surface area contributed by atoms with Gasteiger partial charge in [-0.25, -0.2) is 4.98 Å². The second-order valence-corrected chi connectivity index (χ2v) is 7.17. The van der Waals surface area contributed by atoms with Crippen LogP contribution in [0.1, 0.15) is 29.8 Å². The van der Waals surface area contributed by atoms with E-state index in [1.165, 1.54) is 0 Å². The molecule has 1 N–H and O–H groups in total. The molecular formula is C21H21ClN4O2. The number of hydrogen-bond acceptors (Lipinski definition) is 5. The van der Waals surface area contributed by atoms with Gasteiger partial charge in [0.1, 0.15) is 11.9 Å². The van der Waals surface area contributed by atoms with E-state index in [4.69, 9.17) is 21.2 Å². The third-order valence-corrected chi connectivity index (χ3v) is 5.00.